The summed E-state index contributed by atoms with van der Waals surface area (Å²) >= 11 is 1.67. The van der Waals surface area contributed by atoms with E-state index in [0.717, 1.165) is 21.8 Å². The second kappa shape index (κ2) is 4.18. The lowest BCUT2D eigenvalue weighted by molar-refractivity contribution is 0.415. The van der Waals surface area contributed by atoms with Gasteiger partial charge in [-0.25, -0.2) is 4.98 Å². The number of methoxy groups -OCH3 is 1. The number of thiazole rings is 1. The Hall–Kier alpha value is -1.87. The number of aromatic nitrogens is 1. The van der Waals surface area contributed by atoms with Crippen molar-refractivity contribution in [3.05, 3.63) is 48.5 Å². The lowest BCUT2D eigenvalue weighted by Gasteiger charge is -2.00. The molecule has 0 unspecified atom stereocenters. The van der Waals surface area contributed by atoms with E-state index in [2.05, 4.69) is 17.1 Å². The summed E-state index contributed by atoms with van der Waals surface area (Å²) < 4.78 is 6.40. The molecule has 1 radical (unpaired) electrons. The zero-order valence-corrected chi connectivity index (χ0v) is 10.1. The van der Waals surface area contributed by atoms with Crippen molar-refractivity contribution >= 4 is 21.6 Å². The average molecular weight is 240 g/mol. The van der Waals surface area contributed by atoms with Gasteiger partial charge in [-0.1, -0.05) is 12.1 Å². The molecular weight excluding hydrogens is 230 g/mol. The summed E-state index contributed by atoms with van der Waals surface area (Å²) in [6.45, 7) is 0. The topological polar surface area (TPSA) is 22.1 Å². The van der Waals surface area contributed by atoms with Crippen LogP contribution in [0.3, 0.4) is 0 Å². The van der Waals surface area contributed by atoms with Crippen LogP contribution in [0.5, 0.6) is 5.75 Å². The van der Waals surface area contributed by atoms with E-state index in [1.54, 1.807) is 18.4 Å². The number of ether oxygens (including phenoxy) is 1. The molecule has 0 saturated carbocycles. The molecule has 0 aliphatic rings. The first kappa shape index (κ1) is 10.3. The Morgan fingerprint density at radius 1 is 1.24 bits per heavy atom. The van der Waals surface area contributed by atoms with Crippen molar-refractivity contribution < 1.29 is 4.74 Å². The molecule has 2 nitrogen and oxygen atoms in total. The average Bonchev–Trinajstić information content (AvgIpc) is 2.82. The molecule has 3 aromatic rings. The zero-order chi connectivity index (χ0) is 11.7. The van der Waals surface area contributed by atoms with Gasteiger partial charge in [0.05, 0.1) is 17.3 Å². The molecule has 17 heavy (non-hydrogen) atoms. The quantitative estimate of drug-likeness (QED) is 0.680. The number of fused-ring (bicyclic) bond motifs is 1. The van der Waals surface area contributed by atoms with Gasteiger partial charge in [0.2, 0.25) is 0 Å². The fourth-order valence-corrected chi connectivity index (χ4v) is 2.63. The number of rotatable bonds is 2. The van der Waals surface area contributed by atoms with Crippen LogP contribution in [0.2, 0.25) is 0 Å². The van der Waals surface area contributed by atoms with Crippen molar-refractivity contribution in [3.63, 3.8) is 0 Å². The molecular formula is C14H10NOS. The van der Waals surface area contributed by atoms with Crippen molar-refractivity contribution in [1.29, 1.82) is 0 Å². The molecule has 0 N–H and O–H groups in total. The number of benzene rings is 2. The maximum absolute atomic E-state index is 5.21. The third-order valence-electron chi connectivity index (χ3n) is 2.53. The third-order valence-corrected chi connectivity index (χ3v) is 3.60. The lowest BCUT2D eigenvalue weighted by Crippen LogP contribution is -1.83. The Balaban J connectivity index is 2.13. The molecule has 0 saturated heterocycles. The predicted molar refractivity (Wildman–Crippen MR) is 70.4 cm³/mol. The Morgan fingerprint density at radius 2 is 2.12 bits per heavy atom. The molecule has 1 aromatic heterocycles. The summed E-state index contributed by atoms with van der Waals surface area (Å²) in [4.78, 5) is 4.59. The number of hydrogen-bond donors (Lipinski definition) is 0. The third kappa shape index (κ3) is 1.89. The number of nitrogens with zero attached hydrogens (tertiary/aromatic N) is 1. The fraction of sp³-hybridized carbons (Fsp3) is 0.0714. The van der Waals surface area contributed by atoms with Crippen LogP contribution in [-0.4, -0.2) is 12.1 Å². The predicted octanol–water partition coefficient (Wildman–Crippen LogP) is 3.77. The Kier molecular flexibility index (Phi) is 2.53. The highest BCUT2D eigenvalue weighted by atomic mass is 32.1. The highest BCUT2D eigenvalue weighted by molar-refractivity contribution is 7.21. The van der Waals surface area contributed by atoms with E-state index in [4.69, 9.17) is 4.74 Å². The first-order chi connectivity index (χ1) is 8.36. The molecule has 0 atom stereocenters. The zero-order valence-electron chi connectivity index (χ0n) is 9.31. The van der Waals surface area contributed by atoms with Crippen molar-refractivity contribution in [2.75, 3.05) is 7.11 Å². The Bertz CT molecular complexity index is 627. The summed E-state index contributed by atoms with van der Waals surface area (Å²) in [6.07, 6.45) is 0. The van der Waals surface area contributed by atoms with Crippen LogP contribution in [0.1, 0.15) is 0 Å². The van der Waals surface area contributed by atoms with E-state index in [9.17, 15) is 0 Å². The van der Waals surface area contributed by atoms with E-state index in [0.29, 0.717) is 0 Å². The molecule has 0 aliphatic heterocycles. The van der Waals surface area contributed by atoms with Gasteiger partial charge in [-0.2, -0.15) is 0 Å². The second-order valence-electron chi connectivity index (χ2n) is 3.63. The molecule has 83 valence electrons. The minimum absolute atomic E-state index is 0.831. The summed E-state index contributed by atoms with van der Waals surface area (Å²) in [5.74, 6) is 0.831. The molecule has 1 heterocycles. The van der Waals surface area contributed by atoms with Crippen LogP contribution in [0.4, 0.5) is 0 Å². The van der Waals surface area contributed by atoms with Crippen molar-refractivity contribution in [2.45, 2.75) is 0 Å². The van der Waals surface area contributed by atoms with Crippen LogP contribution in [-0.2, 0) is 0 Å². The van der Waals surface area contributed by atoms with Crippen molar-refractivity contribution in [3.8, 4) is 16.3 Å². The molecule has 3 heteroatoms. The van der Waals surface area contributed by atoms with Gasteiger partial charge < -0.3 is 4.74 Å². The van der Waals surface area contributed by atoms with Gasteiger partial charge in [0.15, 0.2) is 0 Å². The SMILES string of the molecule is COc1cc[c]c(-c2nc3ccccc3s2)c1. The first-order valence-corrected chi connectivity index (χ1v) is 6.10. The van der Waals surface area contributed by atoms with Crippen LogP contribution in [0, 0.1) is 6.07 Å². The molecule has 0 spiro atoms. The number of hydrogen-bond acceptors (Lipinski definition) is 3. The van der Waals surface area contributed by atoms with Crippen LogP contribution in [0.25, 0.3) is 20.8 Å². The molecule has 0 fully saturated rings. The summed E-state index contributed by atoms with van der Waals surface area (Å²) in [7, 11) is 1.66. The number of para-hydroxylation sites is 1. The summed E-state index contributed by atoms with van der Waals surface area (Å²) in [6, 6.07) is 17.0. The van der Waals surface area contributed by atoms with Gasteiger partial charge in [0.25, 0.3) is 0 Å². The lowest BCUT2D eigenvalue weighted by atomic mass is 10.2. The summed E-state index contributed by atoms with van der Waals surface area (Å²) in [5.41, 5.74) is 2.01. The Labute approximate surface area is 104 Å². The fourth-order valence-electron chi connectivity index (χ4n) is 1.68. The highest BCUT2D eigenvalue weighted by Crippen LogP contribution is 2.31. The van der Waals surface area contributed by atoms with Gasteiger partial charge in [0, 0.05) is 5.56 Å². The second-order valence-corrected chi connectivity index (χ2v) is 4.66. The monoisotopic (exact) mass is 240 g/mol. The van der Waals surface area contributed by atoms with E-state index < -0.39 is 0 Å². The molecule has 0 aliphatic carbocycles. The Morgan fingerprint density at radius 3 is 2.94 bits per heavy atom. The van der Waals surface area contributed by atoms with Gasteiger partial charge >= 0.3 is 0 Å². The highest BCUT2D eigenvalue weighted by Gasteiger charge is 2.06. The standard InChI is InChI=1S/C14H10NOS/c1-16-11-6-4-5-10(9-11)14-15-12-7-2-3-8-13(12)17-14/h2-4,6-9H,1H3. The first-order valence-electron chi connectivity index (χ1n) is 5.28. The van der Waals surface area contributed by atoms with E-state index in [1.807, 2.05) is 36.4 Å². The normalized spacial score (nSPS) is 10.6. The maximum atomic E-state index is 5.21. The minimum Gasteiger partial charge on any atom is -0.497 e. The maximum Gasteiger partial charge on any atom is 0.125 e. The van der Waals surface area contributed by atoms with Gasteiger partial charge in [-0.05, 0) is 36.4 Å². The van der Waals surface area contributed by atoms with Gasteiger partial charge in [-0.3, -0.25) is 0 Å². The molecule has 3 rings (SSSR count). The molecule has 0 bridgehead atoms. The van der Waals surface area contributed by atoms with Crippen LogP contribution in [0.15, 0.2) is 42.5 Å². The van der Waals surface area contributed by atoms with Crippen molar-refractivity contribution in [2.24, 2.45) is 0 Å². The van der Waals surface area contributed by atoms with Crippen LogP contribution < -0.4 is 4.74 Å². The van der Waals surface area contributed by atoms with E-state index >= 15 is 0 Å². The van der Waals surface area contributed by atoms with Crippen molar-refractivity contribution in [1.82, 2.24) is 4.98 Å². The smallest absolute Gasteiger partial charge is 0.125 e. The van der Waals surface area contributed by atoms with E-state index in [1.165, 1.54) is 4.70 Å². The minimum atomic E-state index is 0.831. The molecule has 2 aromatic carbocycles. The summed E-state index contributed by atoms with van der Waals surface area (Å²) in [5, 5.41) is 0.977. The van der Waals surface area contributed by atoms with Gasteiger partial charge in [0.1, 0.15) is 10.8 Å². The molecule has 0 amide bonds. The largest absolute Gasteiger partial charge is 0.497 e. The van der Waals surface area contributed by atoms with E-state index in [-0.39, 0.29) is 0 Å². The van der Waals surface area contributed by atoms with Gasteiger partial charge in [-0.15, -0.1) is 11.3 Å². The van der Waals surface area contributed by atoms with Crippen LogP contribution >= 0.6 is 11.3 Å².